The number of benzene rings is 2. The number of likely N-dealkylation sites (N-methyl/N-ethyl adjacent to an activating group) is 1. The maximum Gasteiger partial charge on any atom is 0.266 e. The first-order valence-electron chi connectivity index (χ1n) is 8.92. The van der Waals surface area contributed by atoms with E-state index in [0.717, 1.165) is 50.8 Å². The van der Waals surface area contributed by atoms with Gasteiger partial charge in [-0.25, -0.2) is 0 Å². The highest BCUT2D eigenvalue weighted by molar-refractivity contribution is 7.17. The number of hydrogen-bond acceptors (Lipinski definition) is 4. The first kappa shape index (κ1) is 20.4. The molecule has 0 saturated carbocycles. The van der Waals surface area contributed by atoms with Crippen molar-refractivity contribution in [1.29, 1.82) is 0 Å². The van der Waals surface area contributed by atoms with Gasteiger partial charge in [-0.15, -0.1) is 23.7 Å². The van der Waals surface area contributed by atoms with Crippen LogP contribution in [0.15, 0.2) is 52.6 Å². The molecular formula is C22H23ClN2O2S. The molecule has 4 rings (SSSR count). The quantitative estimate of drug-likeness (QED) is 0.502. The van der Waals surface area contributed by atoms with Gasteiger partial charge in [-0.05, 0) is 55.2 Å². The van der Waals surface area contributed by atoms with Crippen molar-refractivity contribution >= 4 is 44.7 Å². The minimum atomic E-state index is -0.0392. The van der Waals surface area contributed by atoms with Crippen molar-refractivity contribution < 1.29 is 4.74 Å². The van der Waals surface area contributed by atoms with Gasteiger partial charge in [-0.3, -0.25) is 4.79 Å². The van der Waals surface area contributed by atoms with E-state index in [-0.39, 0.29) is 18.0 Å². The Hall–Kier alpha value is -2.34. The van der Waals surface area contributed by atoms with E-state index in [1.54, 1.807) is 7.11 Å². The van der Waals surface area contributed by atoms with Crippen molar-refractivity contribution in [1.82, 2.24) is 9.88 Å². The third-order valence-electron chi connectivity index (χ3n) is 4.87. The van der Waals surface area contributed by atoms with Crippen molar-refractivity contribution in [2.75, 3.05) is 27.7 Å². The summed E-state index contributed by atoms with van der Waals surface area (Å²) in [4.78, 5) is 17.6. The van der Waals surface area contributed by atoms with Crippen LogP contribution in [-0.2, 0) is 6.42 Å². The Kier molecular flexibility index (Phi) is 6.08. The summed E-state index contributed by atoms with van der Waals surface area (Å²) in [5.41, 5.74) is 4.21. The molecule has 0 saturated heterocycles. The van der Waals surface area contributed by atoms with Crippen LogP contribution < -0.4 is 10.3 Å². The highest BCUT2D eigenvalue weighted by Gasteiger charge is 2.16. The van der Waals surface area contributed by atoms with Gasteiger partial charge in [-0.2, -0.15) is 0 Å². The predicted molar refractivity (Wildman–Crippen MR) is 121 cm³/mol. The van der Waals surface area contributed by atoms with Gasteiger partial charge in [0.15, 0.2) is 0 Å². The van der Waals surface area contributed by atoms with E-state index >= 15 is 0 Å². The molecule has 0 aliphatic rings. The third-order valence-corrected chi connectivity index (χ3v) is 5.78. The van der Waals surface area contributed by atoms with E-state index < -0.39 is 0 Å². The lowest BCUT2D eigenvalue weighted by Crippen LogP contribution is -2.14. The molecule has 0 radical (unpaired) electrons. The number of hydrogen-bond donors (Lipinski definition) is 1. The molecule has 1 N–H and O–H groups in total. The van der Waals surface area contributed by atoms with Crippen LogP contribution in [0.1, 0.15) is 5.56 Å². The summed E-state index contributed by atoms with van der Waals surface area (Å²) in [6.07, 6.45) is 1.02. The van der Waals surface area contributed by atoms with E-state index in [0.29, 0.717) is 0 Å². The van der Waals surface area contributed by atoms with Gasteiger partial charge < -0.3 is 14.6 Å². The highest BCUT2D eigenvalue weighted by Crippen LogP contribution is 2.40. The number of nitrogens with zero attached hydrogens (tertiary/aromatic N) is 1. The fourth-order valence-electron chi connectivity index (χ4n) is 3.48. The molecule has 2 aromatic carbocycles. The normalized spacial score (nSPS) is 11.1. The van der Waals surface area contributed by atoms with Gasteiger partial charge >= 0.3 is 0 Å². The van der Waals surface area contributed by atoms with Gasteiger partial charge in [0.05, 0.1) is 7.11 Å². The Balaban J connectivity index is 0.00000225. The summed E-state index contributed by atoms with van der Waals surface area (Å²) in [5, 5.41) is 3.98. The number of H-pyrrole nitrogens is 1. The predicted octanol–water partition coefficient (Wildman–Crippen LogP) is 4.94. The number of pyridine rings is 1. The fraction of sp³-hybridized carbons (Fsp3) is 0.227. The second-order valence-electron chi connectivity index (χ2n) is 6.93. The zero-order valence-corrected chi connectivity index (χ0v) is 17.7. The molecule has 0 aliphatic heterocycles. The number of fused-ring (bicyclic) bond motifs is 3. The lowest BCUT2D eigenvalue weighted by atomic mass is 9.96. The van der Waals surface area contributed by atoms with E-state index in [1.807, 2.05) is 23.6 Å². The summed E-state index contributed by atoms with van der Waals surface area (Å²) in [6.45, 7) is 1.02. The van der Waals surface area contributed by atoms with Crippen LogP contribution in [0.3, 0.4) is 0 Å². The molecule has 4 nitrogen and oxygen atoms in total. The molecule has 0 aliphatic carbocycles. The number of aromatic nitrogens is 1. The molecule has 0 amide bonds. The van der Waals surface area contributed by atoms with Gasteiger partial charge in [-0.1, -0.05) is 24.3 Å². The molecule has 0 fully saturated rings. The SMILES string of the molecule is COc1ccc2[nH]c(=O)c3sccc3c2c1-c1ccc(CCN(C)C)cc1.Cl. The Morgan fingerprint density at radius 3 is 2.50 bits per heavy atom. The number of ether oxygens (including phenoxy) is 1. The number of aromatic amines is 1. The van der Waals surface area contributed by atoms with Crippen LogP contribution in [0.25, 0.3) is 32.1 Å². The van der Waals surface area contributed by atoms with E-state index in [2.05, 4.69) is 48.2 Å². The minimum absolute atomic E-state index is 0. The van der Waals surface area contributed by atoms with Crippen LogP contribution in [0, 0.1) is 0 Å². The Morgan fingerprint density at radius 1 is 1.07 bits per heavy atom. The van der Waals surface area contributed by atoms with Crippen LogP contribution in [0.4, 0.5) is 0 Å². The number of methoxy groups -OCH3 is 1. The van der Waals surface area contributed by atoms with Crippen LogP contribution in [0.5, 0.6) is 5.75 Å². The average molecular weight is 415 g/mol. The Bertz CT molecular complexity index is 1160. The third kappa shape index (κ3) is 3.65. The number of thiophene rings is 1. The average Bonchev–Trinajstić information content (AvgIpc) is 3.16. The molecule has 0 spiro atoms. The molecule has 2 heterocycles. The molecule has 4 aromatic rings. The standard InChI is InChI=1S/C22H22N2O2S.ClH/c1-24(2)12-10-14-4-6-15(7-5-14)19-18(26-3)9-8-17-20(19)16-11-13-27-21(16)22(25)23-17;/h4-9,11,13H,10,12H2,1-3H3,(H,23,25);1H. The second kappa shape index (κ2) is 8.35. The zero-order chi connectivity index (χ0) is 19.0. The molecule has 146 valence electrons. The largest absolute Gasteiger partial charge is 0.496 e. The molecule has 0 unspecified atom stereocenters. The van der Waals surface area contributed by atoms with Gasteiger partial charge in [0.25, 0.3) is 5.56 Å². The molecule has 28 heavy (non-hydrogen) atoms. The lowest BCUT2D eigenvalue weighted by molar-refractivity contribution is 0.413. The molecule has 6 heteroatoms. The van der Waals surface area contributed by atoms with Gasteiger partial charge in [0.1, 0.15) is 10.4 Å². The number of nitrogens with one attached hydrogen (secondary N) is 1. The second-order valence-corrected chi connectivity index (χ2v) is 7.85. The van der Waals surface area contributed by atoms with Gasteiger partial charge in [0, 0.05) is 28.4 Å². The maximum absolute atomic E-state index is 12.3. The monoisotopic (exact) mass is 414 g/mol. The summed E-state index contributed by atoms with van der Waals surface area (Å²) in [7, 11) is 5.86. The van der Waals surface area contributed by atoms with Crippen molar-refractivity contribution in [3.8, 4) is 16.9 Å². The summed E-state index contributed by atoms with van der Waals surface area (Å²) >= 11 is 1.47. The van der Waals surface area contributed by atoms with Crippen LogP contribution in [0.2, 0.25) is 0 Å². The van der Waals surface area contributed by atoms with E-state index in [9.17, 15) is 4.79 Å². The minimum Gasteiger partial charge on any atom is -0.496 e. The molecule has 0 atom stereocenters. The summed E-state index contributed by atoms with van der Waals surface area (Å²) in [6, 6.07) is 14.5. The number of rotatable bonds is 5. The molecule has 0 bridgehead atoms. The van der Waals surface area contributed by atoms with E-state index in [1.165, 1.54) is 16.9 Å². The first-order chi connectivity index (χ1) is 13.1. The van der Waals surface area contributed by atoms with Crippen LogP contribution in [-0.4, -0.2) is 37.6 Å². The summed E-state index contributed by atoms with van der Waals surface area (Å²) in [5.74, 6) is 0.808. The highest BCUT2D eigenvalue weighted by atomic mass is 35.5. The molecule has 2 aromatic heterocycles. The fourth-order valence-corrected chi connectivity index (χ4v) is 4.27. The van der Waals surface area contributed by atoms with Crippen molar-refractivity contribution in [3.63, 3.8) is 0 Å². The lowest BCUT2D eigenvalue weighted by Gasteiger charge is -2.14. The van der Waals surface area contributed by atoms with E-state index in [4.69, 9.17) is 4.74 Å². The maximum atomic E-state index is 12.3. The Morgan fingerprint density at radius 2 is 1.82 bits per heavy atom. The van der Waals surface area contributed by atoms with Gasteiger partial charge in [0.2, 0.25) is 0 Å². The topological polar surface area (TPSA) is 45.3 Å². The number of halogens is 1. The van der Waals surface area contributed by atoms with Crippen molar-refractivity contribution in [3.05, 3.63) is 63.8 Å². The van der Waals surface area contributed by atoms with Crippen molar-refractivity contribution in [2.45, 2.75) is 6.42 Å². The summed E-state index contributed by atoms with van der Waals surface area (Å²) < 4.78 is 6.43. The Labute approximate surface area is 174 Å². The van der Waals surface area contributed by atoms with Crippen LogP contribution >= 0.6 is 23.7 Å². The smallest absolute Gasteiger partial charge is 0.266 e. The zero-order valence-electron chi connectivity index (χ0n) is 16.1. The van der Waals surface area contributed by atoms with Crippen molar-refractivity contribution in [2.24, 2.45) is 0 Å². The first-order valence-corrected chi connectivity index (χ1v) is 9.80. The molecular weight excluding hydrogens is 392 g/mol.